The van der Waals surface area contributed by atoms with Gasteiger partial charge in [-0.25, -0.2) is 4.98 Å². The average molecular weight is 416 g/mol. The first-order chi connectivity index (χ1) is 15.1. The number of allylic oxidation sites excluding steroid dienone is 5. The number of hydrogen-bond donors (Lipinski definition) is 0. The van der Waals surface area contributed by atoms with E-state index >= 15 is 0 Å². The van der Waals surface area contributed by atoms with Gasteiger partial charge in [0.1, 0.15) is 5.82 Å². The minimum Gasteiger partial charge on any atom is -0.353 e. The molecule has 1 heterocycles. The second-order valence-corrected chi connectivity index (χ2v) is 8.84. The van der Waals surface area contributed by atoms with Crippen molar-refractivity contribution >= 4 is 11.4 Å². The van der Waals surface area contributed by atoms with Crippen molar-refractivity contribution in [2.75, 3.05) is 11.4 Å². The molecule has 1 aliphatic rings. The van der Waals surface area contributed by atoms with Crippen molar-refractivity contribution in [3.8, 4) is 11.3 Å². The van der Waals surface area contributed by atoms with Crippen LogP contribution in [0.5, 0.6) is 0 Å². The molecule has 0 saturated carbocycles. The number of aromatic nitrogens is 2. The van der Waals surface area contributed by atoms with Gasteiger partial charge in [-0.2, -0.15) is 0 Å². The van der Waals surface area contributed by atoms with Crippen LogP contribution in [0.1, 0.15) is 71.4 Å². The summed E-state index contributed by atoms with van der Waals surface area (Å²) in [5.41, 5.74) is 5.54. The van der Waals surface area contributed by atoms with Crippen LogP contribution in [0, 0.1) is 0 Å². The van der Waals surface area contributed by atoms with Gasteiger partial charge in [-0.3, -0.25) is 4.98 Å². The lowest BCUT2D eigenvalue weighted by Gasteiger charge is -2.28. The smallest absolute Gasteiger partial charge is 0.148 e. The fraction of sp³-hybridized carbons (Fsp3) is 0.429. The van der Waals surface area contributed by atoms with E-state index in [9.17, 15) is 0 Å². The lowest BCUT2D eigenvalue weighted by Crippen LogP contribution is -2.33. The molecule has 0 fully saturated rings. The van der Waals surface area contributed by atoms with Gasteiger partial charge in [0.25, 0.3) is 0 Å². The summed E-state index contributed by atoms with van der Waals surface area (Å²) in [5.74, 6) is 0.978. The second-order valence-electron chi connectivity index (χ2n) is 8.84. The summed E-state index contributed by atoms with van der Waals surface area (Å²) < 4.78 is 0. The van der Waals surface area contributed by atoms with E-state index in [1.807, 2.05) is 12.3 Å². The first-order valence-electron chi connectivity index (χ1n) is 11.8. The van der Waals surface area contributed by atoms with Gasteiger partial charge < -0.3 is 4.90 Å². The van der Waals surface area contributed by atoms with Crippen molar-refractivity contribution in [2.45, 2.75) is 71.8 Å². The van der Waals surface area contributed by atoms with Gasteiger partial charge in [0.2, 0.25) is 0 Å². The van der Waals surface area contributed by atoms with E-state index in [0.29, 0.717) is 6.04 Å². The highest BCUT2D eigenvalue weighted by Crippen LogP contribution is 2.30. The van der Waals surface area contributed by atoms with Crippen molar-refractivity contribution in [1.29, 1.82) is 0 Å². The van der Waals surface area contributed by atoms with E-state index in [1.54, 1.807) is 0 Å². The highest BCUT2D eigenvalue weighted by atomic mass is 15.2. The number of hydrogen-bond acceptors (Lipinski definition) is 3. The summed E-state index contributed by atoms with van der Waals surface area (Å²) in [6.45, 7) is 11.6. The third-order valence-electron chi connectivity index (χ3n) is 5.75. The monoisotopic (exact) mass is 415 g/mol. The summed E-state index contributed by atoms with van der Waals surface area (Å²) in [6.07, 6.45) is 16.9. The molecule has 3 nitrogen and oxygen atoms in total. The Bertz CT molecular complexity index is 909. The average Bonchev–Trinajstić information content (AvgIpc) is 2.79. The number of rotatable bonds is 11. The Morgan fingerprint density at radius 3 is 2.48 bits per heavy atom. The minimum absolute atomic E-state index is 0.385. The molecule has 1 aliphatic carbocycles. The zero-order valence-electron chi connectivity index (χ0n) is 19.5. The van der Waals surface area contributed by atoms with Crippen LogP contribution < -0.4 is 4.90 Å². The molecule has 0 aliphatic heterocycles. The topological polar surface area (TPSA) is 29.0 Å². The maximum absolute atomic E-state index is 5.16. The molecule has 31 heavy (non-hydrogen) atoms. The van der Waals surface area contributed by atoms with E-state index in [4.69, 9.17) is 9.97 Å². The number of anilines is 1. The minimum atomic E-state index is 0.385. The summed E-state index contributed by atoms with van der Waals surface area (Å²) in [5, 5.41) is 0. The Labute approximate surface area is 188 Å². The normalized spacial score (nSPS) is 13.4. The summed E-state index contributed by atoms with van der Waals surface area (Å²) in [7, 11) is 0. The van der Waals surface area contributed by atoms with Crippen molar-refractivity contribution in [1.82, 2.24) is 9.97 Å². The molecule has 0 atom stereocenters. The third kappa shape index (κ3) is 6.65. The molecule has 0 amide bonds. The molecule has 0 bridgehead atoms. The molecule has 164 valence electrons. The Hall–Kier alpha value is -2.68. The largest absolute Gasteiger partial charge is 0.353 e. The molecule has 0 N–H and O–H groups in total. The Morgan fingerprint density at radius 2 is 1.81 bits per heavy atom. The summed E-state index contributed by atoms with van der Waals surface area (Å²) >= 11 is 0. The first kappa shape index (κ1) is 23.0. The first-order valence-corrected chi connectivity index (χ1v) is 11.8. The van der Waals surface area contributed by atoms with Crippen LogP contribution in [0.3, 0.4) is 0 Å². The van der Waals surface area contributed by atoms with Gasteiger partial charge >= 0.3 is 0 Å². The Balaban J connectivity index is 1.81. The van der Waals surface area contributed by atoms with Crippen molar-refractivity contribution < 1.29 is 0 Å². The predicted molar refractivity (Wildman–Crippen MR) is 134 cm³/mol. The molecular weight excluding hydrogens is 378 g/mol. The van der Waals surface area contributed by atoms with E-state index in [-0.39, 0.29) is 0 Å². The SMILES string of the molecule is C=C(C)CCCCCCN(c1cnc(-c2ccccc2)c(C2=CCCC=C2)n1)C(C)C. The molecule has 0 spiro atoms. The molecule has 1 aromatic carbocycles. The van der Waals surface area contributed by atoms with Crippen LogP contribution in [-0.2, 0) is 0 Å². The number of benzene rings is 1. The molecule has 2 aromatic rings. The maximum atomic E-state index is 5.16. The van der Waals surface area contributed by atoms with Gasteiger partial charge in [-0.1, -0.05) is 67.0 Å². The molecule has 0 saturated heterocycles. The fourth-order valence-corrected chi connectivity index (χ4v) is 4.02. The highest BCUT2D eigenvalue weighted by molar-refractivity contribution is 5.82. The van der Waals surface area contributed by atoms with Crippen LogP contribution in [0.15, 0.2) is 66.9 Å². The summed E-state index contributed by atoms with van der Waals surface area (Å²) in [4.78, 5) is 12.5. The van der Waals surface area contributed by atoms with Crippen molar-refractivity contribution in [3.63, 3.8) is 0 Å². The maximum Gasteiger partial charge on any atom is 0.148 e. The quantitative estimate of drug-likeness (QED) is 0.279. The zero-order valence-corrected chi connectivity index (χ0v) is 19.5. The molecular formula is C28H37N3. The fourth-order valence-electron chi connectivity index (χ4n) is 4.02. The van der Waals surface area contributed by atoms with Crippen molar-refractivity contribution in [2.24, 2.45) is 0 Å². The van der Waals surface area contributed by atoms with Crippen LogP contribution in [0.25, 0.3) is 16.8 Å². The van der Waals surface area contributed by atoms with E-state index < -0.39 is 0 Å². The number of unbranched alkanes of at least 4 members (excludes halogenated alkanes) is 3. The van der Waals surface area contributed by atoms with Crippen LogP contribution >= 0.6 is 0 Å². The molecule has 0 unspecified atom stereocenters. The van der Waals surface area contributed by atoms with Crippen LogP contribution in [0.2, 0.25) is 0 Å². The predicted octanol–water partition coefficient (Wildman–Crippen LogP) is 7.62. The van der Waals surface area contributed by atoms with E-state index in [0.717, 1.165) is 48.6 Å². The zero-order chi connectivity index (χ0) is 22.1. The third-order valence-corrected chi connectivity index (χ3v) is 5.75. The molecule has 0 radical (unpaired) electrons. The van der Waals surface area contributed by atoms with Crippen LogP contribution in [0.4, 0.5) is 5.82 Å². The highest BCUT2D eigenvalue weighted by Gasteiger charge is 2.18. The molecule has 1 aromatic heterocycles. The van der Waals surface area contributed by atoms with E-state index in [2.05, 4.69) is 74.7 Å². The van der Waals surface area contributed by atoms with Crippen LogP contribution in [-0.4, -0.2) is 22.6 Å². The Morgan fingerprint density at radius 1 is 1.03 bits per heavy atom. The molecule has 3 rings (SSSR count). The second kappa shape index (κ2) is 11.6. The van der Waals surface area contributed by atoms with E-state index in [1.165, 1.54) is 36.8 Å². The lowest BCUT2D eigenvalue weighted by molar-refractivity contribution is 0.592. The lowest BCUT2D eigenvalue weighted by atomic mass is 9.99. The van der Waals surface area contributed by atoms with Gasteiger partial charge in [-0.15, -0.1) is 6.58 Å². The standard InChI is InChI=1S/C28H37N3/c1-22(2)15-9-5-6-14-20-31(23(3)4)26-21-29-27(24-16-10-7-11-17-24)28(30-26)25-18-12-8-13-19-25/h7,10-12,16-19,21,23H,1,5-6,8-9,13-15,20H2,2-4H3. The van der Waals surface area contributed by atoms with Gasteiger partial charge in [0.15, 0.2) is 0 Å². The van der Waals surface area contributed by atoms with Gasteiger partial charge in [-0.05, 0) is 58.4 Å². The Kier molecular flexibility index (Phi) is 8.63. The van der Waals surface area contributed by atoms with Gasteiger partial charge in [0.05, 0.1) is 17.6 Å². The number of nitrogens with zero attached hydrogens (tertiary/aromatic N) is 3. The molecule has 3 heteroatoms. The summed E-state index contributed by atoms with van der Waals surface area (Å²) in [6, 6.07) is 10.8. The van der Waals surface area contributed by atoms with Crippen molar-refractivity contribution in [3.05, 3.63) is 72.6 Å². The van der Waals surface area contributed by atoms with Gasteiger partial charge in [0, 0.05) is 18.2 Å².